The second-order valence-electron chi connectivity index (χ2n) is 6.45. The fourth-order valence-electron chi connectivity index (χ4n) is 3.91. The Morgan fingerprint density at radius 2 is 1.95 bits per heavy atom. The van der Waals surface area contributed by atoms with Crippen molar-refractivity contribution in [1.82, 2.24) is 10.6 Å². The molecule has 3 unspecified atom stereocenters. The lowest BCUT2D eigenvalue weighted by Gasteiger charge is -2.33. The number of nitrogens with zero attached hydrogens (tertiary/aromatic N) is 1. The van der Waals surface area contributed by atoms with E-state index in [0.29, 0.717) is 6.04 Å². The molecule has 3 rings (SSSR count). The molecule has 0 radical (unpaired) electrons. The van der Waals surface area contributed by atoms with Gasteiger partial charge >= 0.3 is 0 Å². The van der Waals surface area contributed by atoms with Crippen LogP contribution in [0.5, 0.6) is 0 Å². The van der Waals surface area contributed by atoms with Crippen LogP contribution < -0.4 is 10.6 Å². The quantitative estimate of drug-likeness (QED) is 0.893. The average molecular weight is 283 g/mol. The Balaban J connectivity index is 1.54. The van der Waals surface area contributed by atoms with Crippen LogP contribution in [-0.4, -0.2) is 18.6 Å². The Morgan fingerprint density at radius 1 is 1.10 bits per heavy atom. The summed E-state index contributed by atoms with van der Waals surface area (Å²) in [5.74, 6) is 0.795. The molecular weight excluding hydrogens is 258 g/mol. The monoisotopic (exact) mass is 283 g/mol. The highest BCUT2D eigenvalue weighted by Crippen LogP contribution is 2.31. The standard InChI is InChI=1S/C18H25N3/c19-12-14-7-9-15(10-8-14)13-21-18-6-3-4-16(18)17-5-1-2-11-20-17/h7-10,16-18,20-21H,1-6,11,13H2. The SMILES string of the molecule is N#Cc1ccc(CNC2CCCC2C2CCCCN2)cc1. The summed E-state index contributed by atoms with van der Waals surface area (Å²) in [7, 11) is 0. The Bertz CT molecular complexity index is 482. The maximum atomic E-state index is 8.84. The van der Waals surface area contributed by atoms with Crippen molar-refractivity contribution >= 4 is 0 Å². The van der Waals surface area contributed by atoms with Gasteiger partial charge in [0, 0.05) is 18.6 Å². The van der Waals surface area contributed by atoms with Crippen molar-refractivity contribution in [3.05, 3.63) is 35.4 Å². The van der Waals surface area contributed by atoms with Crippen LogP contribution in [0.1, 0.15) is 49.7 Å². The van der Waals surface area contributed by atoms with E-state index in [0.717, 1.165) is 24.1 Å². The topological polar surface area (TPSA) is 47.9 Å². The van der Waals surface area contributed by atoms with Crippen LogP contribution >= 0.6 is 0 Å². The highest BCUT2D eigenvalue weighted by atomic mass is 15.0. The van der Waals surface area contributed by atoms with Gasteiger partial charge in [0.2, 0.25) is 0 Å². The highest BCUT2D eigenvalue weighted by molar-refractivity contribution is 5.31. The summed E-state index contributed by atoms with van der Waals surface area (Å²) >= 11 is 0. The van der Waals surface area contributed by atoms with Crippen LogP contribution in [-0.2, 0) is 6.54 Å². The molecule has 21 heavy (non-hydrogen) atoms. The molecule has 0 amide bonds. The number of benzene rings is 1. The minimum Gasteiger partial charge on any atom is -0.314 e. The van der Waals surface area contributed by atoms with E-state index in [4.69, 9.17) is 5.26 Å². The molecule has 0 aromatic heterocycles. The fourth-order valence-corrected chi connectivity index (χ4v) is 3.91. The Kier molecular flexibility index (Phi) is 4.90. The van der Waals surface area contributed by atoms with E-state index in [1.807, 2.05) is 12.1 Å². The molecule has 3 nitrogen and oxygen atoms in total. The molecule has 112 valence electrons. The maximum Gasteiger partial charge on any atom is 0.0991 e. The van der Waals surface area contributed by atoms with Crippen LogP contribution in [0.3, 0.4) is 0 Å². The molecule has 3 heteroatoms. The largest absolute Gasteiger partial charge is 0.314 e. The molecule has 1 heterocycles. The number of piperidine rings is 1. The number of hydrogen-bond donors (Lipinski definition) is 2. The smallest absolute Gasteiger partial charge is 0.0991 e. The molecule has 0 bridgehead atoms. The summed E-state index contributed by atoms with van der Waals surface area (Å²) in [5, 5.41) is 16.3. The number of nitriles is 1. The molecule has 2 aliphatic rings. The van der Waals surface area contributed by atoms with Gasteiger partial charge in [-0.3, -0.25) is 0 Å². The Hall–Kier alpha value is -1.37. The van der Waals surface area contributed by atoms with Crippen molar-refractivity contribution in [1.29, 1.82) is 5.26 Å². The highest BCUT2D eigenvalue weighted by Gasteiger charge is 2.33. The average Bonchev–Trinajstić information content (AvgIpc) is 3.03. The van der Waals surface area contributed by atoms with Gasteiger partial charge in [0.1, 0.15) is 0 Å². The molecule has 2 fully saturated rings. The summed E-state index contributed by atoms with van der Waals surface area (Å²) in [6, 6.07) is 11.5. The summed E-state index contributed by atoms with van der Waals surface area (Å²) in [6.45, 7) is 2.11. The van der Waals surface area contributed by atoms with Gasteiger partial charge in [0.05, 0.1) is 11.6 Å². The van der Waals surface area contributed by atoms with Crippen molar-refractivity contribution in [2.45, 2.75) is 57.2 Å². The first-order valence-electron chi connectivity index (χ1n) is 8.32. The van der Waals surface area contributed by atoms with Crippen LogP contribution in [0.4, 0.5) is 0 Å². The molecular formula is C18H25N3. The van der Waals surface area contributed by atoms with Gasteiger partial charge in [-0.1, -0.05) is 25.0 Å². The zero-order valence-electron chi connectivity index (χ0n) is 12.6. The second-order valence-corrected chi connectivity index (χ2v) is 6.45. The van der Waals surface area contributed by atoms with E-state index in [-0.39, 0.29) is 0 Å². The van der Waals surface area contributed by atoms with Crippen molar-refractivity contribution < 1.29 is 0 Å². The van der Waals surface area contributed by atoms with E-state index in [1.54, 1.807) is 0 Å². The summed E-state index contributed by atoms with van der Waals surface area (Å²) in [5.41, 5.74) is 2.01. The van der Waals surface area contributed by atoms with E-state index in [2.05, 4.69) is 28.8 Å². The summed E-state index contributed by atoms with van der Waals surface area (Å²) < 4.78 is 0. The number of hydrogen-bond acceptors (Lipinski definition) is 3. The van der Waals surface area contributed by atoms with Crippen molar-refractivity contribution in [3.63, 3.8) is 0 Å². The normalized spacial score (nSPS) is 29.2. The van der Waals surface area contributed by atoms with Gasteiger partial charge in [0.15, 0.2) is 0 Å². The lowest BCUT2D eigenvalue weighted by atomic mass is 9.88. The predicted octanol–water partition coefficient (Wildman–Crippen LogP) is 2.96. The molecule has 1 saturated heterocycles. The molecule has 1 aromatic rings. The number of nitrogens with one attached hydrogen (secondary N) is 2. The third-order valence-corrected chi connectivity index (χ3v) is 5.09. The van der Waals surface area contributed by atoms with Gasteiger partial charge in [-0.15, -0.1) is 0 Å². The van der Waals surface area contributed by atoms with E-state index in [9.17, 15) is 0 Å². The van der Waals surface area contributed by atoms with Gasteiger partial charge < -0.3 is 10.6 Å². The van der Waals surface area contributed by atoms with Crippen LogP contribution in [0, 0.1) is 17.2 Å². The minimum atomic E-state index is 0.649. The van der Waals surface area contributed by atoms with Crippen LogP contribution in [0.15, 0.2) is 24.3 Å². The van der Waals surface area contributed by atoms with E-state index >= 15 is 0 Å². The van der Waals surface area contributed by atoms with Gasteiger partial charge in [-0.05, 0) is 55.8 Å². The lowest BCUT2D eigenvalue weighted by molar-refractivity contribution is 0.257. The maximum absolute atomic E-state index is 8.84. The molecule has 0 spiro atoms. The van der Waals surface area contributed by atoms with Crippen molar-refractivity contribution in [2.24, 2.45) is 5.92 Å². The van der Waals surface area contributed by atoms with Gasteiger partial charge in [-0.25, -0.2) is 0 Å². The van der Waals surface area contributed by atoms with Crippen LogP contribution in [0.2, 0.25) is 0 Å². The lowest BCUT2D eigenvalue weighted by Crippen LogP contribution is -2.46. The predicted molar refractivity (Wildman–Crippen MR) is 84.8 cm³/mol. The summed E-state index contributed by atoms with van der Waals surface area (Å²) in [6.07, 6.45) is 8.10. The van der Waals surface area contributed by atoms with Gasteiger partial charge in [0.25, 0.3) is 0 Å². The fraction of sp³-hybridized carbons (Fsp3) is 0.611. The Labute approximate surface area is 127 Å². The molecule has 3 atom stereocenters. The first kappa shape index (κ1) is 14.6. The molecule has 1 aliphatic heterocycles. The first-order chi connectivity index (χ1) is 10.4. The zero-order valence-corrected chi connectivity index (χ0v) is 12.6. The minimum absolute atomic E-state index is 0.649. The van der Waals surface area contributed by atoms with E-state index in [1.165, 1.54) is 50.6 Å². The molecule has 1 saturated carbocycles. The third-order valence-electron chi connectivity index (χ3n) is 5.09. The van der Waals surface area contributed by atoms with E-state index < -0.39 is 0 Å². The Morgan fingerprint density at radius 3 is 2.67 bits per heavy atom. The van der Waals surface area contributed by atoms with Crippen LogP contribution in [0.25, 0.3) is 0 Å². The molecule has 2 N–H and O–H groups in total. The van der Waals surface area contributed by atoms with Gasteiger partial charge in [-0.2, -0.15) is 5.26 Å². The molecule has 1 aromatic carbocycles. The number of rotatable bonds is 4. The molecule has 1 aliphatic carbocycles. The van der Waals surface area contributed by atoms with Crippen molar-refractivity contribution in [2.75, 3.05) is 6.54 Å². The first-order valence-corrected chi connectivity index (χ1v) is 8.32. The summed E-state index contributed by atoms with van der Waals surface area (Å²) in [4.78, 5) is 0. The third kappa shape index (κ3) is 3.64. The zero-order chi connectivity index (χ0) is 14.5. The van der Waals surface area contributed by atoms with Crippen molar-refractivity contribution in [3.8, 4) is 6.07 Å². The second kappa shape index (κ2) is 7.06.